The molecule has 0 bridgehead atoms. The molecule has 1 aromatic carbocycles. The van der Waals surface area contributed by atoms with Crippen LogP contribution in [-0.4, -0.2) is 40.8 Å². The van der Waals surface area contributed by atoms with Crippen molar-refractivity contribution in [3.63, 3.8) is 0 Å². The minimum Gasteiger partial charge on any atom is -0.369 e. The van der Waals surface area contributed by atoms with E-state index in [2.05, 4.69) is 15.6 Å². The maximum absolute atomic E-state index is 12.5. The molecule has 3 rings (SSSR count). The number of hydrogen-bond acceptors (Lipinski definition) is 5. The smallest absolute Gasteiger partial charge is 0.325 e. The number of primary amides is 1. The van der Waals surface area contributed by atoms with Crippen LogP contribution in [-0.2, 0) is 4.79 Å². The van der Waals surface area contributed by atoms with Gasteiger partial charge in [-0.3, -0.25) is 14.9 Å². The lowest BCUT2D eigenvalue weighted by Gasteiger charge is -2.29. The molecule has 1 fully saturated rings. The van der Waals surface area contributed by atoms with Crippen molar-refractivity contribution in [2.45, 2.75) is 12.8 Å². The first-order valence-electron chi connectivity index (χ1n) is 8.30. The number of halogens is 1. The number of amides is 4. The molecule has 0 unspecified atom stereocenters. The first kappa shape index (κ1) is 19.1. The minimum atomic E-state index is -0.479. The first-order valence-corrected chi connectivity index (χ1v) is 9.56. The third kappa shape index (κ3) is 4.95. The van der Waals surface area contributed by atoms with E-state index in [-0.39, 0.29) is 23.4 Å². The van der Waals surface area contributed by atoms with Gasteiger partial charge in [-0.1, -0.05) is 17.7 Å². The number of urea groups is 1. The van der Waals surface area contributed by atoms with Gasteiger partial charge in [0, 0.05) is 35.1 Å². The zero-order valence-corrected chi connectivity index (χ0v) is 15.8. The number of aromatic nitrogens is 1. The number of nitrogens with one attached hydrogen (secondary N) is 2. The van der Waals surface area contributed by atoms with E-state index < -0.39 is 6.03 Å². The molecule has 27 heavy (non-hydrogen) atoms. The van der Waals surface area contributed by atoms with E-state index in [1.165, 1.54) is 0 Å². The number of benzene rings is 1. The van der Waals surface area contributed by atoms with Crippen molar-refractivity contribution in [1.29, 1.82) is 0 Å². The number of nitrogens with zero attached hydrogens (tertiary/aromatic N) is 2. The highest BCUT2D eigenvalue weighted by Crippen LogP contribution is 2.22. The van der Waals surface area contributed by atoms with Crippen molar-refractivity contribution >= 4 is 51.6 Å². The lowest BCUT2D eigenvalue weighted by Crippen LogP contribution is -2.41. The number of carbonyl (C=O) groups is 3. The predicted molar refractivity (Wildman–Crippen MR) is 104 cm³/mol. The molecule has 1 saturated heterocycles. The molecule has 4 N–H and O–H groups in total. The topological polar surface area (TPSA) is 117 Å². The van der Waals surface area contributed by atoms with Crippen molar-refractivity contribution < 1.29 is 14.4 Å². The van der Waals surface area contributed by atoms with Crippen LogP contribution in [0.5, 0.6) is 0 Å². The van der Waals surface area contributed by atoms with E-state index in [0.717, 1.165) is 11.3 Å². The third-order valence-corrected chi connectivity index (χ3v) is 5.20. The molecule has 0 aliphatic carbocycles. The Morgan fingerprint density at radius 1 is 1.22 bits per heavy atom. The molecule has 10 heteroatoms. The third-order valence-electron chi connectivity index (χ3n) is 4.21. The normalized spacial score (nSPS) is 14.6. The van der Waals surface area contributed by atoms with Crippen molar-refractivity contribution in [3.05, 3.63) is 40.4 Å². The molecule has 1 aliphatic rings. The van der Waals surface area contributed by atoms with Crippen LogP contribution in [0.25, 0.3) is 0 Å². The molecule has 0 radical (unpaired) electrons. The summed E-state index contributed by atoms with van der Waals surface area (Å²) in [5, 5.41) is 7.65. The van der Waals surface area contributed by atoms with Crippen LogP contribution in [0, 0.1) is 5.92 Å². The number of rotatable bonds is 4. The summed E-state index contributed by atoms with van der Waals surface area (Å²) in [5.41, 5.74) is 6.11. The maximum atomic E-state index is 12.5. The molecule has 0 spiro atoms. The summed E-state index contributed by atoms with van der Waals surface area (Å²) in [6.45, 7) is 0.921. The second-order valence-corrected chi connectivity index (χ2v) is 7.39. The largest absolute Gasteiger partial charge is 0.369 e. The number of likely N-dealkylation sites (tertiary alicyclic amines) is 1. The van der Waals surface area contributed by atoms with Crippen LogP contribution in [0.3, 0.4) is 0 Å². The highest BCUT2D eigenvalue weighted by molar-refractivity contribution is 7.14. The van der Waals surface area contributed by atoms with E-state index in [4.69, 9.17) is 17.3 Å². The second kappa shape index (κ2) is 8.36. The van der Waals surface area contributed by atoms with E-state index in [1.807, 2.05) is 0 Å². The summed E-state index contributed by atoms with van der Waals surface area (Å²) in [7, 11) is 0. The van der Waals surface area contributed by atoms with Gasteiger partial charge in [0.25, 0.3) is 5.91 Å². The molecular formula is C17H18ClN5O3S. The lowest BCUT2D eigenvalue weighted by molar-refractivity contribution is -0.123. The minimum absolute atomic E-state index is 0.183. The molecule has 0 saturated carbocycles. The average molecular weight is 408 g/mol. The summed E-state index contributed by atoms with van der Waals surface area (Å²) in [6.07, 6.45) is 1.11. The van der Waals surface area contributed by atoms with Crippen molar-refractivity contribution in [2.24, 2.45) is 11.7 Å². The van der Waals surface area contributed by atoms with Crippen molar-refractivity contribution in [3.8, 4) is 0 Å². The van der Waals surface area contributed by atoms with Crippen LogP contribution >= 0.6 is 22.9 Å². The van der Waals surface area contributed by atoms with Gasteiger partial charge in [0.05, 0.1) is 0 Å². The summed E-state index contributed by atoms with van der Waals surface area (Å²) in [4.78, 5) is 41.6. The average Bonchev–Trinajstić information content (AvgIpc) is 3.09. The summed E-state index contributed by atoms with van der Waals surface area (Å²) >= 11 is 7.04. The van der Waals surface area contributed by atoms with Gasteiger partial charge < -0.3 is 16.0 Å². The Morgan fingerprint density at radius 2 is 1.96 bits per heavy atom. The number of thiazole rings is 1. The van der Waals surface area contributed by atoms with E-state index in [9.17, 15) is 14.4 Å². The van der Waals surface area contributed by atoms with Crippen LogP contribution < -0.4 is 16.4 Å². The molecule has 0 atom stereocenters. The standard InChI is InChI=1S/C17H18ClN5O3S/c18-11-2-1-3-12(8-11)20-16(26)22-17-21-13(9-27-17)15(25)23-6-4-10(5-7-23)14(19)24/h1-3,8-10H,4-7H2,(H2,19,24)(H2,20,21,22,26). The monoisotopic (exact) mass is 407 g/mol. The molecular weight excluding hydrogens is 390 g/mol. The zero-order valence-electron chi connectivity index (χ0n) is 14.3. The lowest BCUT2D eigenvalue weighted by atomic mass is 9.96. The number of hydrogen-bond donors (Lipinski definition) is 3. The molecule has 2 aromatic rings. The van der Waals surface area contributed by atoms with Gasteiger partial charge >= 0.3 is 6.03 Å². The van der Waals surface area contributed by atoms with Gasteiger partial charge in [-0.2, -0.15) is 0 Å². The Balaban J connectivity index is 1.55. The first-order chi connectivity index (χ1) is 12.9. The van der Waals surface area contributed by atoms with Gasteiger partial charge in [-0.25, -0.2) is 9.78 Å². The fourth-order valence-corrected chi connectivity index (χ4v) is 3.65. The Kier molecular flexibility index (Phi) is 5.92. The Labute approximate surface area is 164 Å². The summed E-state index contributed by atoms with van der Waals surface area (Å²) < 4.78 is 0. The second-order valence-electron chi connectivity index (χ2n) is 6.10. The highest BCUT2D eigenvalue weighted by Gasteiger charge is 2.27. The van der Waals surface area contributed by atoms with E-state index in [1.54, 1.807) is 34.5 Å². The van der Waals surface area contributed by atoms with Crippen molar-refractivity contribution in [1.82, 2.24) is 9.88 Å². The van der Waals surface area contributed by atoms with Gasteiger partial charge in [0.15, 0.2) is 5.13 Å². The molecule has 1 aliphatic heterocycles. The maximum Gasteiger partial charge on any atom is 0.325 e. The van der Waals surface area contributed by atoms with Gasteiger partial charge in [-0.15, -0.1) is 11.3 Å². The van der Waals surface area contributed by atoms with Crippen LogP contribution in [0.15, 0.2) is 29.6 Å². The van der Waals surface area contributed by atoms with E-state index >= 15 is 0 Å². The zero-order chi connectivity index (χ0) is 19.4. The number of piperidine rings is 1. The SMILES string of the molecule is NC(=O)C1CCN(C(=O)c2csc(NC(=O)Nc3cccc(Cl)c3)n2)CC1. The van der Waals surface area contributed by atoms with Crippen LogP contribution in [0.1, 0.15) is 23.3 Å². The summed E-state index contributed by atoms with van der Waals surface area (Å²) in [6, 6.07) is 6.27. The molecule has 2 heterocycles. The molecule has 4 amide bonds. The van der Waals surface area contributed by atoms with Gasteiger partial charge in [0.1, 0.15) is 5.69 Å². The van der Waals surface area contributed by atoms with Crippen LogP contribution in [0.4, 0.5) is 15.6 Å². The Hall–Kier alpha value is -2.65. The van der Waals surface area contributed by atoms with Gasteiger partial charge in [-0.05, 0) is 31.0 Å². The number of anilines is 2. The quantitative estimate of drug-likeness (QED) is 0.722. The fourth-order valence-electron chi connectivity index (χ4n) is 2.78. The molecule has 8 nitrogen and oxygen atoms in total. The summed E-state index contributed by atoms with van der Waals surface area (Å²) in [5.74, 6) is -0.734. The highest BCUT2D eigenvalue weighted by atomic mass is 35.5. The van der Waals surface area contributed by atoms with E-state index in [0.29, 0.717) is 41.8 Å². The predicted octanol–water partition coefficient (Wildman–Crippen LogP) is 2.78. The van der Waals surface area contributed by atoms with Crippen molar-refractivity contribution in [2.75, 3.05) is 23.7 Å². The van der Waals surface area contributed by atoms with Gasteiger partial charge in [0.2, 0.25) is 5.91 Å². The Morgan fingerprint density at radius 3 is 2.63 bits per heavy atom. The Bertz CT molecular complexity index is 864. The number of nitrogens with two attached hydrogens (primary N) is 1. The van der Waals surface area contributed by atoms with Crippen LogP contribution in [0.2, 0.25) is 5.02 Å². The molecule has 142 valence electrons. The molecule has 1 aromatic heterocycles. The number of carbonyl (C=O) groups excluding carboxylic acids is 3. The fraction of sp³-hybridized carbons (Fsp3) is 0.294.